The maximum Gasteiger partial charge on any atom is 0.355 e. The number of carbonyl (C=O) groups excluding carboxylic acids is 2. The first-order valence-corrected chi connectivity index (χ1v) is 7.91. The summed E-state index contributed by atoms with van der Waals surface area (Å²) in [4.78, 5) is 26.1. The summed E-state index contributed by atoms with van der Waals surface area (Å²) >= 11 is 0. The number of allylic oxidation sites excluding steroid dienone is 2. The molecule has 0 radical (unpaired) electrons. The topological polar surface area (TPSA) is 67.9 Å². The van der Waals surface area contributed by atoms with Crippen molar-refractivity contribution < 1.29 is 19.1 Å². The van der Waals surface area contributed by atoms with Crippen LogP contribution in [0.5, 0.6) is 0 Å². The Kier molecular flexibility index (Phi) is 6.54. The summed E-state index contributed by atoms with van der Waals surface area (Å²) in [6.45, 7) is 0.882. The molecule has 1 aromatic carbocycles. The van der Waals surface area contributed by atoms with Gasteiger partial charge in [-0.2, -0.15) is 0 Å². The Morgan fingerprint density at radius 2 is 1.72 bits per heavy atom. The Morgan fingerprint density at radius 1 is 1.04 bits per heavy atom. The Balaban J connectivity index is 2.45. The highest BCUT2D eigenvalue weighted by Crippen LogP contribution is 2.26. The van der Waals surface area contributed by atoms with Crippen LogP contribution in [-0.4, -0.2) is 39.8 Å². The average molecular weight is 342 g/mol. The monoisotopic (exact) mass is 342 g/mol. The number of hydrogen-bond acceptors (Lipinski definition) is 6. The minimum atomic E-state index is -0.615. The summed E-state index contributed by atoms with van der Waals surface area (Å²) in [7, 11) is 4.46. The largest absolute Gasteiger partial charge is 0.465 e. The molecular formula is C19H22N2O4. The van der Waals surface area contributed by atoms with E-state index in [0.29, 0.717) is 0 Å². The Morgan fingerprint density at radius 3 is 2.32 bits per heavy atom. The number of anilines is 1. The standard InChI is InChI=1S/C19H22N2O4/c1-20-12-11-14-7-9-15(10-8-14)21-13-5-4-6-16(18(22)24-2)17(21)19(23)25-3/h4-10,13,20H,11-12H2,1-3H3. The molecule has 1 aliphatic rings. The molecule has 0 aromatic heterocycles. The number of rotatable bonds is 6. The first kappa shape index (κ1) is 18.5. The highest BCUT2D eigenvalue weighted by Gasteiger charge is 2.27. The van der Waals surface area contributed by atoms with Crippen molar-refractivity contribution in [1.29, 1.82) is 0 Å². The van der Waals surface area contributed by atoms with Gasteiger partial charge in [0.15, 0.2) is 0 Å². The summed E-state index contributed by atoms with van der Waals surface area (Å²) < 4.78 is 9.68. The molecule has 6 heteroatoms. The third kappa shape index (κ3) is 4.36. The zero-order chi connectivity index (χ0) is 18.2. The van der Waals surface area contributed by atoms with Gasteiger partial charge in [-0.1, -0.05) is 18.2 Å². The fraction of sp³-hybridized carbons (Fsp3) is 0.263. The maximum absolute atomic E-state index is 12.3. The molecule has 1 aliphatic heterocycles. The molecule has 0 fully saturated rings. The minimum Gasteiger partial charge on any atom is -0.465 e. The van der Waals surface area contributed by atoms with E-state index < -0.39 is 11.9 Å². The van der Waals surface area contributed by atoms with Crippen molar-refractivity contribution in [2.24, 2.45) is 0 Å². The van der Waals surface area contributed by atoms with E-state index >= 15 is 0 Å². The Bertz CT molecular complexity index is 717. The van der Waals surface area contributed by atoms with E-state index in [4.69, 9.17) is 9.47 Å². The van der Waals surface area contributed by atoms with Gasteiger partial charge in [-0.05, 0) is 49.9 Å². The summed E-state index contributed by atoms with van der Waals surface area (Å²) in [6, 6.07) is 7.79. The second kappa shape index (κ2) is 8.84. The van der Waals surface area contributed by atoms with Crippen LogP contribution in [0.2, 0.25) is 0 Å². The van der Waals surface area contributed by atoms with Gasteiger partial charge in [0.1, 0.15) is 5.70 Å². The Labute approximate surface area is 147 Å². The zero-order valence-electron chi connectivity index (χ0n) is 14.6. The molecule has 1 heterocycles. The Hall–Kier alpha value is -2.86. The quantitative estimate of drug-likeness (QED) is 0.797. The predicted molar refractivity (Wildman–Crippen MR) is 95.9 cm³/mol. The number of nitrogens with zero attached hydrogens (tertiary/aromatic N) is 1. The molecule has 0 saturated carbocycles. The molecule has 0 unspecified atom stereocenters. The molecule has 0 amide bonds. The van der Waals surface area contributed by atoms with Gasteiger partial charge in [-0.25, -0.2) is 9.59 Å². The lowest BCUT2D eigenvalue weighted by Gasteiger charge is -2.23. The summed E-state index contributed by atoms with van der Waals surface area (Å²) in [5.74, 6) is -1.22. The van der Waals surface area contributed by atoms with E-state index in [2.05, 4.69) is 5.32 Å². The van der Waals surface area contributed by atoms with Crippen molar-refractivity contribution in [2.75, 3.05) is 32.7 Å². The number of ether oxygens (including phenoxy) is 2. The second-order valence-electron chi connectivity index (χ2n) is 5.34. The molecule has 0 aliphatic carbocycles. The summed E-state index contributed by atoms with van der Waals surface area (Å²) in [5.41, 5.74) is 2.17. The highest BCUT2D eigenvalue weighted by atomic mass is 16.5. The second-order valence-corrected chi connectivity index (χ2v) is 5.34. The normalized spacial score (nSPS) is 13.6. The van der Waals surface area contributed by atoms with E-state index in [1.54, 1.807) is 23.3 Å². The zero-order valence-corrected chi connectivity index (χ0v) is 14.6. The van der Waals surface area contributed by atoms with Gasteiger partial charge in [0.05, 0.1) is 19.8 Å². The van der Waals surface area contributed by atoms with Gasteiger partial charge in [-0.15, -0.1) is 0 Å². The van der Waals surface area contributed by atoms with Crippen molar-refractivity contribution in [3.05, 3.63) is 65.5 Å². The van der Waals surface area contributed by atoms with E-state index in [-0.39, 0.29) is 11.3 Å². The molecule has 25 heavy (non-hydrogen) atoms. The molecule has 1 aromatic rings. The van der Waals surface area contributed by atoms with Crippen molar-refractivity contribution in [1.82, 2.24) is 5.32 Å². The third-order valence-electron chi connectivity index (χ3n) is 3.77. The summed E-state index contributed by atoms with van der Waals surface area (Å²) in [6.07, 6.45) is 7.57. The molecule has 0 bridgehead atoms. The van der Waals surface area contributed by atoms with Crippen LogP contribution in [-0.2, 0) is 25.5 Å². The smallest absolute Gasteiger partial charge is 0.355 e. The van der Waals surface area contributed by atoms with Crippen LogP contribution in [0.25, 0.3) is 0 Å². The van der Waals surface area contributed by atoms with Crippen LogP contribution in [0, 0.1) is 0 Å². The van der Waals surface area contributed by atoms with Crippen LogP contribution < -0.4 is 10.2 Å². The first-order chi connectivity index (χ1) is 12.1. The van der Waals surface area contributed by atoms with Gasteiger partial charge >= 0.3 is 11.9 Å². The van der Waals surface area contributed by atoms with Gasteiger partial charge in [0.2, 0.25) is 0 Å². The molecular weight excluding hydrogens is 320 g/mol. The van der Waals surface area contributed by atoms with Gasteiger partial charge in [-0.3, -0.25) is 0 Å². The molecule has 0 atom stereocenters. The summed E-state index contributed by atoms with van der Waals surface area (Å²) in [5, 5.41) is 3.11. The fourth-order valence-electron chi connectivity index (χ4n) is 2.46. The van der Waals surface area contributed by atoms with Crippen molar-refractivity contribution in [2.45, 2.75) is 6.42 Å². The number of benzene rings is 1. The highest BCUT2D eigenvalue weighted by molar-refractivity contribution is 6.05. The van der Waals surface area contributed by atoms with Crippen molar-refractivity contribution >= 4 is 17.6 Å². The van der Waals surface area contributed by atoms with Gasteiger partial charge in [0.25, 0.3) is 0 Å². The van der Waals surface area contributed by atoms with Crippen LogP contribution in [0.4, 0.5) is 5.69 Å². The lowest BCUT2D eigenvalue weighted by Crippen LogP contribution is -2.26. The number of carbonyl (C=O) groups is 2. The number of methoxy groups -OCH3 is 2. The van der Waals surface area contributed by atoms with E-state index in [1.807, 2.05) is 31.3 Å². The van der Waals surface area contributed by atoms with Crippen LogP contribution in [0.1, 0.15) is 5.56 Å². The number of likely N-dealkylation sites (N-methyl/N-ethyl adjacent to an activating group) is 1. The van der Waals surface area contributed by atoms with Crippen LogP contribution in [0.3, 0.4) is 0 Å². The molecule has 0 spiro atoms. The van der Waals surface area contributed by atoms with Gasteiger partial charge < -0.3 is 19.7 Å². The van der Waals surface area contributed by atoms with Gasteiger partial charge in [0, 0.05) is 11.9 Å². The third-order valence-corrected chi connectivity index (χ3v) is 3.77. The number of nitrogens with one attached hydrogen (secondary N) is 1. The van der Waals surface area contributed by atoms with Crippen molar-refractivity contribution in [3.63, 3.8) is 0 Å². The lowest BCUT2D eigenvalue weighted by molar-refractivity contribution is -0.139. The fourth-order valence-corrected chi connectivity index (χ4v) is 2.46. The number of hydrogen-bond donors (Lipinski definition) is 1. The van der Waals surface area contributed by atoms with Crippen molar-refractivity contribution in [3.8, 4) is 0 Å². The molecule has 2 rings (SSSR count). The molecule has 132 valence electrons. The van der Waals surface area contributed by atoms with E-state index in [1.165, 1.54) is 25.9 Å². The SMILES string of the molecule is CNCCc1ccc(N2C=CC=CC(C(=O)OC)=C2C(=O)OC)cc1. The lowest BCUT2D eigenvalue weighted by atomic mass is 10.1. The average Bonchev–Trinajstić information content (AvgIpc) is 2.88. The molecule has 1 N–H and O–H groups in total. The molecule has 6 nitrogen and oxygen atoms in total. The van der Waals surface area contributed by atoms with E-state index in [9.17, 15) is 9.59 Å². The predicted octanol–water partition coefficient (Wildman–Crippen LogP) is 1.94. The number of esters is 2. The van der Waals surface area contributed by atoms with E-state index in [0.717, 1.165) is 18.7 Å². The maximum atomic E-state index is 12.3. The van der Waals surface area contributed by atoms with Crippen LogP contribution in [0.15, 0.2) is 60.0 Å². The molecule has 0 saturated heterocycles. The minimum absolute atomic E-state index is 0.113. The van der Waals surface area contributed by atoms with Crippen LogP contribution >= 0.6 is 0 Å². The first-order valence-electron chi connectivity index (χ1n) is 7.91.